The molecule has 0 saturated carbocycles. The zero-order valence-corrected chi connectivity index (χ0v) is 13.9. The van der Waals surface area contributed by atoms with Crippen LogP contribution in [0.1, 0.15) is 78.1 Å². The van der Waals surface area contributed by atoms with E-state index in [1.54, 1.807) is 0 Å². The maximum Gasteiger partial charge on any atom is 0.804 e. The SMILES string of the molecule is CCCCCC/C=C/O[P+](=O)O/C=C/CCCCCC. The molecule has 0 radical (unpaired) electrons. The van der Waals surface area contributed by atoms with Crippen molar-refractivity contribution in [3.05, 3.63) is 24.7 Å². The molecule has 0 aromatic rings. The first-order chi connectivity index (χ1) is 9.81. The van der Waals surface area contributed by atoms with Gasteiger partial charge in [0, 0.05) is 4.57 Å². The molecule has 0 aliphatic carbocycles. The molecule has 0 aromatic carbocycles. The lowest BCUT2D eigenvalue weighted by Crippen LogP contribution is -1.75. The van der Waals surface area contributed by atoms with Gasteiger partial charge in [-0.3, -0.25) is 0 Å². The molecular formula is C16H30O3P+. The minimum Gasteiger partial charge on any atom is -0.231 e. The van der Waals surface area contributed by atoms with E-state index in [9.17, 15) is 4.57 Å². The smallest absolute Gasteiger partial charge is 0.231 e. The topological polar surface area (TPSA) is 35.5 Å². The first-order valence-corrected chi connectivity index (χ1v) is 9.01. The summed E-state index contributed by atoms with van der Waals surface area (Å²) in [5.74, 6) is 0. The normalized spacial score (nSPS) is 11.3. The molecule has 0 rings (SSSR count). The van der Waals surface area contributed by atoms with Gasteiger partial charge >= 0.3 is 8.25 Å². The fourth-order valence-corrected chi connectivity index (χ4v) is 2.14. The summed E-state index contributed by atoms with van der Waals surface area (Å²) in [4.78, 5) is 0. The van der Waals surface area contributed by atoms with E-state index in [1.165, 1.54) is 51.0 Å². The lowest BCUT2D eigenvalue weighted by Gasteiger charge is -1.93. The first kappa shape index (κ1) is 19.2. The Morgan fingerprint density at radius 2 is 1.20 bits per heavy atom. The predicted octanol–water partition coefficient (Wildman–Crippen LogP) is 6.65. The molecule has 20 heavy (non-hydrogen) atoms. The zero-order chi connectivity index (χ0) is 14.9. The lowest BCUT2D eigenvalue weighted by atomic mass is 10.2. The van der Waals surface area contributed by atoms with Gasteiger partial charge in [0.1, 0.15) is 0 Å². The average Bonchev–Trinajstić information content (AvgIpc) is 2.45. The first-order valence-electron chi connectivity index (χ1n) is 7.92. The van der Waals surface area contributed by atoms with Crippen molar-refractivity contribution >= 4 is 8.25 Å². The van der Waals surface area contributed by atoms with Crippen molar-refractivity contribution in [2.45, 2.75) is 78.1 Å². The molecule has 0 fully saturated rings. The highest BCUT2D eigenvalue weighted by Crippen LogP contribution is 2.24. The van der Waals surface area contributed by atoms with Crippen LogP contribution in [0.3, 0.4) is 0 Å². The number of rotatable bonds is 14. The van der Waals surface area contributed by atoms with Gasteiger partial charge in [-0.05, 0) is 37.8 Å². The van der Waals surface area contributed by atoms with Gasteiger partial charge in [0.2, 0.25) is 0 Å². The van der Waals surface area contributed by atoms with Crippen molar-refractivity contribution in [2.24, 2.45) is 0 Å². The van der Waals surface area contributed by atoms with E-state index in [0.717, 1.165) is 25.7 Å². The van der Waals surface area contributed by atoms with Crippen molar-refractivity contribution in [2.75, 3.05) is 0 Å². The average molecular weight is 301 g/mol. The highest BCUT2D eigenvalue weighted by atomic mass is 31.1. The third-order valence-electron chi connectivity index (χ3n) is 2.93. The van der Waals surface area contributed by atoms with Crippen LogP contribution in [0.2, 0.25) is 0 Å². The van der Waals surface area contributed by atoms with Gasteiger partial charge in [-0.2, -0.15) is 0 Å². The molecule has 4 heteroatoms. The van der Waals surface area contributed by atoms with E-state index in [1.807, 2.05) is 12.2 Å². The molecular weight excluding hydrogens is 271 g/mol. The monoisotopic (exact) mass is 301 g/mol. The van der Waals surface area contributed by atoms with Crippen LogP contribution in [0.5, 0.6) is 0 Å². The third kappa shape index (κ3) is 15.2. The zero-order valence-electron chi connectivity index (χ0n) is 13.1. The van der Waals surface area contributed by atoms with Crippen LogP contribution in [0.25, 0.3) is 0 Å². The molecule has 0 aliphatic heterocycles. The van der Waals surface area contributed by atoms with Gasteiger partial charge in [0.25, 0.3) is 0 Å². The summed E-state index contributed by atoms with van der Waals surface area (Å²) >= 11 is 0. The Balaban J connectivity index is 3.39. The number of unbranched alkanes of at least 4 members (excludes halogenated alkanes) is 8. The van der Waals surface area contributed by atoms with E-state index >= 15 is 0 Å². The quantitative estimate of drug-likeness (QED) is 0.205. The van der Waals surface area contributed by atoms with Crippen LogP contribution in [-0.4, -0.2) is 0 Å². The Hall–Kier alpha value is -0.820. The van der Waals surface area contributed by atoms with Crippen molar-refractivity contribution in [1.82, 2.24) is 0 Å². The Morgan fingerprint density at radius 3 is 1.60 bits per heavy atom. The van der Waals surface area contributed by atoms with Crippen LogP contribution >= 0.6 is 8.25 Å². The summed E-state index contributed by atoms with van der Waals surface area (Å²) in [6.07, 6.45) is 18.5. The summed E-state index contributed by atoms with van der Waals surface area (Å²) in [6, 6.07) is 0. The van der Waals surface area contributed by atoms with Crippen molar-refractivity contribution in [3.8, 4) is 0 Å². The summed E-state index contributed by atoms with van der Waals surface area (Å²) in [7, 11) is -2.06. The highest BCUT2D eigenvalue weighted by Gasteiger charge is 2.16. The minimum absolute atomic E-state index is 0.969. The maximum absolute atomic E-state index is 11.3. The Labute approximate surface area is 125 Å². The maximum atomic E-state index is 11.3. The Morgan fingerprint density at radius 1 is 0.750 bits per heavy atom. The van der Waals surface area contributed by atoms with Gasteiger partial charge in [0.15, 0.2) is 12.5 Å². The molecule has 0 aliphatic rings. The summed E-state index contributed by atoms with van der Waals surface area (Å²) < 4.78 is 21.2. The summed E-state index contributed by atoms with van der Waals surface area (Å²) in [5.41, 5.74) is 0. The summed E-state index contributed by atoms with van der Waals surface area (Å²) in [5, 5.41) is 0. The van der Waals surface area contributed by atoms with Gasteiger partial charge in [-0.15, -0.1) is 0 Å². The molecule has 0 aromatic heterocycles. The Kier molecular flexibility index (Phi) is 15.6. The number of hydrogen-bond donors (Lipinski definition) is 0. The molecule has 0 bridgehead atoms. The van der Waals surface area contributed by atoms with Crippen molar-refractivity contribution < 1.29 is 13.6 Å². The summed E-state index contributed by atoms with van der Waals surface area (Å²) in [6.45, 7) is 4.39. The molecule has 0 N–H and O–H groups in total. The molecule has 0 heterocycles. The van der Waals surface area contributed by atoms with Crippen LogP contribution < -0.4 is 0 Å². The molecule has 0 amide bonds. The molecule has 0 saturated heterocycles. The van der Waals surface area contributed by atoms with Crippen LogP contribution in [0, 0.1) is 0 Å². The molecule has 116 valence electrons. The van der Waals surface area contributed by atoms with Crippen LogP contribution in [0.4, 0.5) is 0 Å². The Bertz CT molecular complexity index is 249. The standard InChI is InChI=1S/C16H30O3P/c1-3-5-7-9-11-13-15-18-20(17)19-16-14-12-10-8-6-4-2/h13-16H,3-12H2,1-2H3/q+1/b15-13+,16-14+. The van der Waals surface area contributed by atoms with E-state index in [0.29, 0.717) is 0 Å². The van der Waals surface area contributed by atoms with Crippen molar-refractivity contribution in [3.63, 3.8) is 0 Å². The van der Waals surface area contributed by atoms with Gasteiger partial charge < -0.3 is 0 Å². The highest BCUT2D eigenvalue weighted by molar-refractivity contribution is 7.33. The molecule has 3 nitrogen and oxygen atoms in total. The van der Waals surface area contributed by atoms with Crippen LogP contribution in [0.15, 0.2) is 24.7 Å². The molecule has 0 unspecified atom stereocenters. The van der Waals surface area contributed by atoms with Gasteiger partial charge in [-0.1, -0.05) is 52.4 Å². The van der Waals surface area contributed by atoms with Crippen molar-refractivity contribution in [1.29, 1.82) is 0 Å². The molecule has 0 spiro atoms. The fourth-order valence-electron chi connectivity index (χ4n) is 1.72. The van der Waals surface area contributed by atoms with E-state index in [2.05, 4.69) is 13.8 Å². The van der Waals surface area contributed by atoms with E-state index in [-0.39, 0.29) is 0 Å². The van der Waals surface area contributed by atoms with E-state index < -0.39 is 8.25 Å². The fraction of sp³-hybridized carbons (Fsp3) is 0.750. The largest absolute Gasteiger partial charge is 0.804 e. The second-order valence-corrected chi connectivity index (χ2v) is 5.75. The lowest BCUT2D eigenvalue weighted by molar-refractivity contribution is 0.354. The number of allylic oxidation sites excluding steroid dienone is 2. The number of hydrogen-bond acceptors (Lipinski definition) is 3. The minimum atomic E-state index is -2.06. The van der Waals surface area contributed by atoms with Crippen LogP contribution in [-0.2, 0) is 13.6 Å². The third-order valence-corrected chi connectivity index (χ3v) is 3.52. The predicted molar refractivity (Wildman–Crippen MR) is 85.6 cm³/mol. The second-order valence-electron chi connectivity index (χ2n) is 4.88. The van der Waals surface area contributed by atoms with Gasteiger partial charge in [0.05, 0.1) is 0 Å². The van der Waals surface area contributed by atoms with Gasteiger partial charge in [-0.25, -0.2) is 9.05 Å². The second kappa shape index (κ2) is 16.2. The van der Waals surface area contributed by atoms with E-state index in [4.69, 9.17) is 9.05 Å². The molecule has 0 atom stereocenters.